The van der Waals surface area contributed by atoms with Crippen LogP contribution in [-0.2, 0) is 17.8 Å². The maximum atomic E-state index is 13.2. The molecule has 0 saturated carbocycles. The summed E-state index contributed by atoms with van der Waals surface area (Å²) < 4.78 is 7.23. The largest absolute Gasteiger partial charge is 0.385 e. The minimum atomic E-state index is -0.278. The maximum absolute atomic E-state index is 13.2. The number of anilines is 2. The predicted molar refractivity (Wildman–Crippen MR) is 96.9 cm³/mol. The van der Waals surface area contributed by atoms with Crippen LogP contribution in [0.3, 0.4) is 0 Å². The van der Waals surface area contributed by atoms with E-state index in [2.05, 4.69) is 23.4 Å². The lowest BCUT2D eigenvalue weighted by atomic mass is 9.88. The summed E-state index contributed by atoms with van der Waals surface area (Å²) in [6, 6.07) is 6.07. The number of nitrogen functional groups attached to an aromatic ring is 1. The molecular formula is C19H24N4O2. The van der Waals surface area contributed by atoms with E-state index in [4.69, 9.17) is 10.5 Å². The van der Waals surface area contributed by atoms with Crippen LogP contribution in [0, 0.1) is 6.92 Å². The smallest absolute Gasteiger partial charge is 0.256 e. The molecule has 6 heteroatoms. The van der Waals surface area contributed by atoms with Gasteiger partial charge in [0.1, 0.15) is 5.82 Å². The first-order valence-corrected chi connectivity index (χ1v) is 8.75. The Morgan fingerprint density at radius 2 is 2.24 bits per heavy atom. The van der Waals surface area contributed by atoms with E-state index in [0.29, 0.717) is 18.8 Å². The molecule has 2 aromatic rings. The molecule has 0 radical (unpaired) electrons. The molecule has 6 nitrogen and oxygen atoms in total. The summed E-state index contributed by atoms with van der Waals surface area (Å²) in [4.78, 5) is 13.2. The van der Waals surface area contributed by atoms with E-state index in [0.717, 1.165) is 41.0 Å². The highest BCUT2D eigenvalue weighted by atomic mass is 16.5. The molecule has 0 bridgehead atoms. The number of benzene rings is 1. The third kappa shape index (κ3) is 2.61. The number of hydrogen-bond donors (Lipinski definition) is 2. The lowest BCUT2D eigenvalue weighted by Crippen LogP contribution is -2.31. The van der Waals surface area contributed by atoms with Gasteiger partial charge in [0.05, 0.1) is 23.8 Å². The quantitative estimate of drug-likeness (QED) is 0.834. The Kier molecular flexibility index (Phi) is 3.61. The SMILES string of the molecule is Cc1cccc2c1NCCC2C(=O)n1nc2c(c1N)COC(C)(C)C2. The van der Waals surface area contributed by atoms with Gasteiger partial charge in [-0.3, -0.25) is 4.79 Å². The van der Waals surface area contributed by atoms with Gasteiger partial charge in [-0.2, -0.15) is 9.78 Å². The van der Waals surface area contributed by atoms with Crippen LogP contribution in [0.5, 0.6) is 0 Å². The Morgan fingerprint density at radius 1 is 1.44 bits per heavy atom. The maximum Gasteiger partial charge on any atom is 0.256 e. The number of hydrogen-bond acceptors (Lipinski definition) is 5. The molecule has 1 aromatic heterocycles. The fraction of sp³-hybridized carbons (Fsp3) is 0.474. The van der Waals surface area contributed by atoms with E-state index < -0.39 is 0 Å². The van der Waals surface area contributed by atoms with Gasteiger partial charge in [0.25, 0.3) is 5.91 Å². The first-order chi connectivity index (χ1) is 11.9. The number of nitrogens with one attached hydrogen (secondary N) is 1. The first kappa shape index (κ1) is 16.1. The van der Waals surface area contributed by atoms with Crippen LogP contribution in [0.1, 0.15) is 53.4 Å². The Labute approximate surface area is 147 Å². The molecule has 3 heterocycles. The van der Waals surface area contributed by atoms with E-state index in [1.807, 2.05) is 26.0 Å². The van der Waals surface area contributed by atoms with Crippen LogP contribution in [0.15, 0.2) is 18.2 Å². The lowest BCUT2D eigenvalue weighted by molar-refractivity contribution is -0.0404. The molecule has 0 amide bonds. The fourth-order valence-electron chi connectivity index (χ4n) is 3.82. The minimum Gasteiger partial charge on any atom is -0.385 e. The number of ether oxygens (including phenoxy) is 1. The van der Waals surface area contributed by atoms with E-state index in [1.54, 1.807) is 0 Å². The van der Waals surface area contributed by atoms with Crippen molar-refractivity contribution in [2.45, 2.75) is 51.7 Å². The molecule has 0 spiro atoms. The normalized spacial score (nSPS) is 21.2. The summed E-state index contributed by atoms with van der Waals surface area (Å²) in [7, 11) is 0. The summed E-state index contributed by atoms with van der Waals surface area (Å²) >= 11 is 0. The highest BCUT2D eigenvalue weighted by Gasteiger charge is 2.35. The predicted octanol–water partition coefficient (Wildman–Crippen LogP) is 2.86. The number of nitrogens with two attached hydrogens (primary N) is 1. The number of fused-ring (bicyclic) bond motifs is 2. The number of aromatic nitrogens is 2. The van der Waals surface area contributed by atoms with E-state index in [1.165, 1.54) is 4.68 Å². The second kappa shape index (κ2) is 5.59. The van der Waals surface area contributed by atoms with Gasteiger partial charge >= 0.3 is 0 Å². The third-order valence-corrected chi connectivity index (χ3v) is 5.23. The van der Waals surface area contributed by atoms with Gasteiger partial charge in [-0.1, -0.05) is 18.2 Å². The number of carbonyl (C=O) groups is 1. The Morgan fingerprint density at radius 3 is 3.04 bits per heavy atom. The molecule has 3 N–H and O–H groups in total. The molecule has 1 atom stereocenters. The van der Waals surface area contributed by atoms with Crippen molar-refractivity contribution >= 4 is 17.4 Å². The monoisotopic (exact) mass is 340 g/mol. The first-order valence-electron chi connectivity index (χ1n) is 8.75. The summed E-state index contributed by atoms with van der Waals surface area (Å²) in [5, 5.41) is 7.97. The molecular weight excluding hydrogens is 316 g/mol. The van der Waals surface area contributed by atoms with Crippen molar-refractivity contribution in [3.63, 3.8) is 0 Å². The Hall–Kier alpha value is -2.34. The standard InChI is InChI=1S/C19H24N4O2/c1-11-5-4-6-12-13(7-8-21-16(11)12)18(24)23-17(20)14-10-25-19(2,3)9-15(14)22-23/h4-6,13,21H,7-10,20H2,1-3H3. The number of nitrogens with zero attached hydrogens (tertiary/aromatic N) is 2. The number of carbonyl (C=O) groups excluding carboxylic acids is 1. The van der Waals surface area contributed by atoms with Crippen LogP contribution in [0.2, 0.25) is 0 Å². The summed E-state index contributed by atoms with van der Waals surface area (Å²) in [6.07, 6.45) is 1.40. The minimum absolute atomic E-state index is 0.0574. The molecule has 0 aliphatic carbocycles. The lowest BCUT2D eigenvalue weighted by Gasteiger charge is -2.29. The van der Waals surface area contributed by atoms with Gasteiger partial charge in [0.2, 0.25) is 0 Å². The number of rotatable bonds is 1. The van der Waals surface area contributed by atoms with Gasteiger partial charge in [0.15, 0.2) is 0 Å². The van der Waals surface area contributed by atoms with Gasteiger partial charge in [0, 0.05) is 24.2 Å². The van der Waals surface area contributed by atoms with Crippen LogP contribution >= 0.6 is 0 Å². The highest BCUT2D eigenvalue weighted by molar-refractivity contribution is 5.90. The van der Waals surface area contributed by atoms with Crippen LogP contribution in [0.25, 0.3) is 0 Å². The topological polar surface area (TPSA) is 82.2 Å². The summed E-state index contributed by atoms with van der Waals surface area (Å²) in [5.74, 6) is 0.134. The Balaban J connectivity index is 1.72. The van der Waals surface area contributed by atoms with Crippen LogP contribution in [0.4, 0.5) is 11.5 Å². The summed E-state index contributed by atoms with van der Waals surface area (Å²) in [5.41, 5.74) is 10.9. The van der Waals surface area contributed by atoms with Crippen LogP contribution < -0.4 is 11.1 Å². The van der Waals surface area contributed by atoms with Crippen molar-refractivity contribution in [1.29, 1.82) is 0 Å². The molecule has 1 aromatic carbocycles. The van der Waals surface area contributed by atoms with E-state index in [9.17, 15) is 4.79 Å². The molecule has 2 aliphatic heterocycles. The highest BCUT2D eigenvalue weighted by Crippen LogP contribution is 2.36. The zero-order valence-corrected chi connectivity index (χ0v) is 14.9. The van der Waals surface area contributed by atoms with Gasteiger partial charge in [-0.05, 0) is 38.3 Å². The Bertz CT molecular complexity index is 853. The molecule has 25 heavy (non-hydrogen) atoms. The molecule has 2 aliphatic rings. The number of aryl methyl sites for hydroxylation is 1. The molecule has 4 rings (SSSR count). The average Bonchev–Trinajstić information content (AvgIpc) is 2.89. The zero-order chi connectivity index (χ0) is 17.8. The molecule has 132 valence electrons. The van der Waals surface area contributed by atoms with Gasteiger partial charge in [-0.25, -0.2) is 0 Å². The number of para-hydroxylation sites is 1. The van der Waals surface area contributed by atoms with Crippen molar-refractivity contribution < 1.29 is 9.53 Å². The van der Waals surface area contributed by atoms with Crippen LogP contribution in [-0.4, -0.2) is 27.8 Å². The zero-order valence-electron chi connectivity index (χ0n) is 14.9. The second-order valence-electron chi connectivity index (χ2n) is 7.59. The third-order valence-electron chi connectivity index (χ3n) is 5.23. The van der Waals surface area contributed by atoms with Crippen molar-refractivity contribution in [3.05, 3.63) is 40.6 Å². The van der Waals surface area contributed by atoms with E-state index in [-0.39, 0.29) is 17.4 Å². The fourth-order valence-corrected chi connectivity index (χ4v) is 3.82. The molecule has 0 saturated heterocycles. The molecule has 1 unspecified atom stereocenters. The second-order valence-corrected chi connectivity index (χ2v) is 7.59. The van der Waals surface area contributed by atoms with E-state index >= 15 is 0 Å². The van der Waals surface area contributed by atoms with Crippen molar-refractivity contribution in [2.24, 2.45) is 0 Å². The van der Waals surface area contributed by atoms with Gasteiger partial charge in [-0.15, -0.1) is 0 Å². The van der Waals surface area contributed by atoms with Crippen molar-refractivity contribution in [1.82, 2.24) is 9.78 Å². The molecule has 0 fully saturated rings. The average molecular weight is 340 g/mol. The summed E-state index contributed by atoms with van der Waals surface area (Å²) in [6.45, 7) is 7.28. The van der Waals surface area contributed by atoms with Crippen molar-refractivity contribution in [3.8, 4) is 0 Å². The van der Waals surface area contributed by atoms with Crippen molar-refractivity contribution in [2.75, 3.05) is 17.6 Å². The van der Waals surface area contributed by atoms with Gasteiger partial charge < -0.3 is 15.8 Å².